The van der Waals surface area contributed by atoms with Crippen molar-refractivity contribution in [2.24, 2.45) is 4.99 Å². The van der Waals surface area contributed by atoms with Crippen LogP contribution in [-0.4, -0.2) is 23.1 Å². The van der Waals surface area contributed by atoms with Crippen molar-refractivity contribution in [1.82, 2.24) is 5.32 Å². The molecule has 0 spiro atoms. The molecule has 156 valence electrons. The number of nitrogens with zero attached hydrogens (tertiary/aromatic N) is 2. The van der Waals surface area contributed by atoms with Gasteiger partial charge in [-0.3, -0.25) is 14.9 Å². The molecule has 0 saturated carbocycles. The first kappa shape index (κ1) is 20.4. The number of thioether (sulfide) groups is 1. The van der Waals surface area contributed by atoms with Crippen molar-refractivity contribution in [1.29, 1.82) is 0 Å². The van der Waals surface area contributed by atoms with Crippen molar-refractivity contribution in [3.8, 4) is 17.1 Å². The summed E-state index contributed by atoms with van der Waals surface area (Å²) in [5, 5.41) is 14.0. The summed E-state index contributed by atoms with van der Waals surface area (Å²) in [4.78, 5) is 27.3. The van der Waals surface area contributed by atoms with Crippen molar-refractivity contribution in [2.45, 2.75) is 0 Å². The second kappa shape index (κ2) is 8.44. The number of benzene rings is 2. The van der Waals surface area contributed by atoms with Crippen molar-refractivity contribution >= 4 is 40.3 Å². The number of hydrogen-bond acceptors (Lipinski definition) is 7. The number of aliphatic imine (C=N–C) groups is 1. The Morgan fingerprint density at radius 2 is 1.97 bits per heavy atom. The fraction of sp³-hybridized carbons (Fsp3) is 0.0476. The summed E-state index contributed by atoms with van der Waals surface area (Å²) in [6, 6.07) is 13.2. The van der Waals surface area contributed by atoms with Gasteiger partial charge in [-0.05, 0) is 54.2 Å². The molecule has 0 bridgehead atoms. The van der Waals surface area contributed by atoms with Gasteiger partial charge < -0.3 is 14.5 Å². The van der Waals surface area contributed by atoms with Gasteiger partial charge in [0.1, 0.15) is 23.1 Å². The number of non-ortho nitro benzene ring substituents is 1. The fourth-order valence-corrected chi connectivity index (χ4v) is 3.64. The first-order chi connectivity index (χ1) is 14.9. The van der Waals surface area contributed by atoms with Crippen LogP contribution < -0.4 is 10.1 Å². The number of carbonyl (C=O) groups is 1. The Morgan fingerprint density at radius 1 is 1.19 bits per heavy atom. The van der Waals surface area contributed by atoms with Crippen LogP contribution in [-0.2, 0) is 4.79 Å². The van der Waals surface area contributed by atoms with Gasteiger partial charge in [0.05, 0.1) is 34.3 Å². The summed E-state index contributed by atoms with van der Waals surface area (Å²) >= 11 is 1.13. The van der Waals surface area contributed by atoms with Gasteiger partial charge in [0, 0.05) is 12.1 Å². The van der Waals surface area contributed by atoms with E-state index in [4.69, 9.17) is 9.15 Å². The van der Waals surface area contributed by atoms with Gasteiger partial charge in [-0.15, -0.1) is 0 Å². The molecule has 10 heteroatoms. The van der Waals surface area contributed by atoms with E-state index < -0.39 is 4.92 Å². The Hall–Kier alpha value is -3.92. The first-order valence-electron chi connectivity index (χ1n) is 8.91. The van der Waals surface area contributed by atoms with Gasteiger partial charge in [-0.25, -0.2) is 9.38 Å². The van der Waals surface area contributed by atoms with E-state index in [1.54, 1.807) is 18.2 Å². The monoisotopic (exact) mass is 439 g/mol. The molecule has 8 nitrogen and oxygen atoms in total. The summed E-state index contributed by atoms with van der Waals surface area (Å²) in [5.74, 6) is 0.436. The molecule has 1 fully saturated rings. The molecule has 2 heterocycles. The third-order valence-corrected chi connectivity index (χ3v) is 5.18. The van der Waals surface area contributed by atoms with Crippen LogP contribution in [0, 0.1) is 15.9 Å². The average Bonchev–Trinajstić information content (AvgIpc) is 3.36. The van der Waals surface area contributed by atoms with E-state index in [0.717, 1.165) is 11.8 Å². The highest BCUT2D eigenvalue weighted by Crippen LogP contribution is 2.35. The van der Waals surface area contributed by atoms with Crippen LogP contribution in [0.3, 0.4) is 0 Å². The van der Waals surface area contributed by atoms with Gasteiger partial charge in [0.25, 0.3) is 11.6 Å². The number of furan rings is 1. The number of halogens is 1. The molecule has 1 aliphatic heterocycles. The Kier molecular flexibility index (Phi) is 5.54. The van der Waals surface area contributed by atoms with E-state index in [1.807, 2.05) is 0 Å². The van der Waals surface area contributed by atoms with Crippen molar-refractivity contribution in [3.05, 3.63) is 81.2 Å². The molecule has 0 aliphatic carbocycles. The number of carbonyl (C=O) groups excluding carboxylic acids is 1. The molecule has 1 aliphatic rings. The number of methoxy groups -OCH3 is 1. The lowest BCUT2D eigenvalue weighted by atomic mass is 10.1. The largest absolute Gasteiger partial charge is 0.496 e. The number of nitrogens with one attached hydrogen (secondary N) is 1. The molecule has 0 atom stereocenters. The van der Waals surface area contributed by atoms with E-state index >= 15 is 0 Å². The summed E-state index contributed by atoms with van der Waals surface area (Å²) in [6.07, 6.45) is 1.56. The number of nitro groups is 1. The molecule has 0 radical (unpaired) electrons. The van der Waals surface area contributed by atoms with Crippen LogP contribution in [0.1, 0.15) is 5.76 Å². The maximum absolute atomic E-state index is 13.0. The van der Waals surface area contributed by atoms with Crippen molar-refractivity contribution in [2.75, 3.05) is 7.11 Å². The molecular weight excluding hydrogens is 425 g/mol. The molecule has 3 aromatic rings. The molecular formula is C21H14FN3O5S. The molecule has 1 N–H and O–H groups in total. The van der Waals surface area contributed by atoms with Crippen LogP contribution in [0.25, 0.3) is 17.4 Å². The minimum atomic E-state index is -0.509. The maximum atomic E-state index is 13.0. The molecule has 0 unspecified atom stereocenters. The van der Waals surface area contributed by atoms with E-state index in [2.05, 4.69) is 10.3 Å². The minimum absolute atomic E-state index is 0.0958. The Bertz CT molecular complexity index is 1230. The summed E-state index contributed by atoms with van der Waals surface area (Å²) < 4.78 is 24.0. The van der Waals surface area contributed by atoms with E-state index in [-0.39, 0.29) is 17.4 Å². The standard InChI is InChI=1S/C21H14FN3O5S/c1-29-18-10-14(25(27)28)6-8-16(18)17-9-7-15(30-17)11-19-20(26)24-21(31-19)23-13-4-2-12(22)3-5-13/h2-11H,1H3,(H,23,24,26)/b19-11-. The van der Waals surface area contributed by atoms with Crippen LogP contribution in [0.5, 0.6) is 5.75 Å². The highest BCUT2D eigenvalue weighted by Gasteiger charge is 2.24. The lowest BCUT2D eigenvalue weighted by Crippen LogP contribution is -2.19. The minimum Gasteiger partial charge on any atom is -0.496 e. The van der Waals surface area contributed by atoms with E-state index in [0.29, 0.717) is 38.6 Å². The maximum Gasteiger partial charge on any atom is 0.273 e. The lowest BCUT2D eigenvalue weighted by molar-refractivity contribution is -0.384. The number of rotatable bonds is 5. The number of amidine groups is 1. The van der Waals surface area contributed by atoms with Crippen molar-refractivity contribution < 1.29 is 23.3 Å². The van der Waals surface area contributed by atoms with Crippen LogP contribution >= 0.6 is 11.8 Å². The third kappa shape index (κ3) is 4.48. The molecule has 1 saturated heterocycles. The topological polar surface area (TPSA) is 107 Å². The molecule has 2 aromatic carbocycles. The average molecular weight is 439 g/mol. The van der Waals surface area contributed by atoms with Gasteiger partial charge in [-0.1, -0.05) is 0 Å². The summed E-state index contributed by atoms with van der Waals surface area (Å²) in [5.41, 5.74) is 0.956. The van der Waals surface area contributed by atoms with Crippen LogP contribution in [0.2, 0.25) is 0 Å². The lowest BCUT2D eigenvalue weighted by Gasteiger charge is -2.05. The Balaban J connectivity index is 1.56. The van der Waals surface area contributed by atoms with Crippen LogP contribution in [0.4, 0.5) is 15.8 Å². The van der Waals surface area contributed by atoms with E-state index in [9.17, 15) is 19.3 Å². The SMILES string of the molecule is COc1cc([N+](=O)[O-])ccc1-c1ccc(/C=C2\SC(=Nc3ccc(F)cc3)NC2=O)o1. The summed E-state index contributed by atoms with van der Waals surface area (Å²) in [7, 11) is 1.41. The fourth-order valence-electron chi connectivity index (χ4n) is 2.81. The van der Waals surface area contributed by atoms with Gasteiger partial charge in [0.15, 0.2) is 5.17 Å². The predicted molar refractivity (Wildman–Crippen MR) is 115 cm³/mol. The highest BCUT2D eigenvalue weighted by atomic mass is 32.2. The zero-order valence-corrected chi connectivity index (χ0v) is 16.8. The van der Waals surface area contributed by atoms with Crippen LogP contribution in [0.15, 0.2) is 68.9 Å². The quantitative estimate of drug-likeness (QED) is 0.344. The molecule has 1 aromatic heterocycles. The van der Waals surface area contributed by atoms with E-state index in [1.165, 1.54) is 49.6 Å². The second-order valence-electron chi connectivity index (χ2n) is 6.30. The van der Waals surface area contributed by atoms with Gasteiger partial charge >= 0.3 is 0 Å². The van der Waals surface area contributed by atoms with Gasteiger partial charge in [0.2, 0.25) is 0 Å². The number of amides is 1. The second-order valence-corrected chi connectivity index (χ2v) is 7.33. The first-order valence-corrected chi connectivity index (χ1v) is 9.72. The number of nitro benzene ring substituents is 1. The molecule has 1 amide bonds. The number of hydrogen-bond donors (Lipinski definition) is 1. The van der Waals surface area contributed by atoms with Crippen molar-refractivity contribution in [3.63, 3.8) is 0 Å². The normalized spacial score (nSPS) is 16.0. The highest BCUT2D eigenvalue weighted by molar-refractivity contribution is 8.18. The zero-order valence-electron chi connectivity index (χ0n) is 16.0. The smallest absolute Gasteiger partial charge is 0.273 e. The third-order valence-electron chi connectivity index (χ3n) is 4.27. The Morgan fingerprint density at radius 3 is 2.68 bits per heavy atom. The Labute approximate surface area is 179 Å². The number of ether oxygens (including phenoxy) is 1. The predicted octanol–water partition coefficient (Wildman–Crippen LogP) is 4.89. The summed E-state index contributed by atoms with van der Waals surface area (Å²) in [6.45, 7) is 0. The molecule has 31 heavy (non-hydrogen) atoms. The zero-order chi connectivity index (χ0) is 22.0. The van der Waals surface area contributed by atoms with Gasteiger partial charge in [-0.2, -0.15) is 0 Å². The molecule has 4 rings (SSSR count).